The van der Waals surface area contributed by atoms with Gasteiger partial charge in [0.05, 0.1) is 6.54 Å². The van der Waals surface area contributed by atoms with Crippen LogP contribution in [-0.2, 0) is 6.54 Å². The van der Waals surface area contributed by atoms with Crippen LogP contribution in [0.1, 0.15) is 30.4 Å². The number of nitrogens with zero attached hydrogens (tertiary/aromatic N) is 2. The van der Waals surface area contributed by atoms with Gasteiger partial charge >= 0.3 is 0 Å². The molecule has 3 heteroatoms. The van der Waals surface area contributed by atoms with Gasteiger partial charge in [0.2, 0.25) is 0 Å². The van der Waals surface area contributed by atoms with Gasteiger partial charge in [-0.3, -0.25) is 9.89 Å². The quantitative estimate of drug-likeness (QED) is 0.879. The fourth-order valence-electron chi connectivity index (χ4n) is 2.78. The molecule has 1 N–H and O–H groups in total. The highest BCUT2D eigenvalue weighted by Crippen LogP contribution is 2.14. The minimum Gasteiger partial charge on any atom is -0.368 e. The second-order valence-electron chi connectivity index (χ2n) is 5.19. The molecule has 0 radical (unpaired) electrons. The molecule has 2 aliphatic heterocycles. The molecule has 0 spiro atoms. The summed E-state index contributed by atoms with van der Waals surface area (Å²) in [5, 5.41) is 3.34. The minimum atomic E-state index is 0.908. The molecule has 1 aromatic rings. The van der Waals surface area contributed by atoms with Crippen LogP contribution in [0.5, 0.6) is 0 Å². The van der Waals surface area contributed by atoms with Crippen LogP contribution in [0.15, 0.2) is 29.3 Å². The van der Waals surface area contributed by atoms with Crippen molar-refractivity contribution in [3.63, 3.8) is 0 Å². The lowest BCUT2D eigenvalue weighted by Gasteiger charge is -2.26. The van der Waals surface area contributed by atoms with Gasteiger partial charge in [0, 0.05) is 18.7 Å². The number of rotatable bonds is 3. The fourth-order valence-corrected chi connectivity index (χ4v) is 2.78. The molecule has 1 fully saturated rings. The van der Waals surface area contributed by atoms with E-state index in [1.165, 1.54) is 43.5 Å². The molecule has 0 unspecified atom stereocenters. The Balaban J connectivity index is 1.70. The van der Waals surface area contributed by atoms with Crippen molar-refractivity contribution in [1.82, 2.24) is 10.2 Å². The van der Waals surface area contributed by atoms with Crippen molar-refractivity contribution in [3.05, 3.63) is 35.4 Å². The van der Waals surface area contributed by atoms with E-state index < -0.39 is 0 Å². The van der Waals surface area contributed by atoms with Crippen molar-refractivity contribution in [2.75, 3.05) is 26.2 Å². The molecule has 1 aromatic carbocycles. The summed E-state index contributed by atoms with van der Waals surface area (Å²) in [6, 6.07) is 8.81. The number of aliphatic imine (C=N–C) groups is 1. The van der Waals surface area contributed by atoms with E-state index in [0.717, 1.165) is 25.5 Å². The van der Waals surface area contributed by atoms with Crippen LogP contribution in [0, 0.1) is 0 Å². The van der Waals surface area contributed by atoms with E-state index >= 15 is 0 Å². The largest absolute Gasteiger partial charge is 0.368 e. The highest BCUT2D eigenvalue weighted by molar-refractivity contribution is 5.99. The number of likely N-dealkylation sites (tertiary alicyclic amines) is 1. The predicted molar refractivity (Wildman–Crippen MR) is 75.0 cm³/mol. The topological polar surface area (TPSA) is 27.6 Å². The molecular weight excluding hydrogens is 222 g/mol. The lowest BCUT2D eigenvalue weighted by Crippen LogP contribution is -2.29. The summed E-state index contributed by atoms with van der Waals surface area (Å²) < 4.78 is 0. The first-order valence-corrected chi connectivity index (χ1v) is 7.02. The molecule has 3 rings (SSSR count). The molecule has 0 bridgehead atoms. The maximum Gasteiger partial charge on any atom is 0.128 e. The van der Waals surface area contributed by atoms with Crippen molar-refractivity contribution in [3.8, 4) is 0 Å². The summed E-state index contributed by atoms with van der Waals surface area (Å²) in [7, 11) is 0. The SMILES string of the molecule is c1cc(CN2CCCCC2)cc(C2=NCCN2)c1. The van der Waals surface area contributed by atoms with Crippen molar-refractivity contribution < 1.29 is 0 Å². The highest BCUT2D eigenvalue weighted by Gasteiger charge is 2.12. The second kappa shape index (κ2) is 5.53. The molecule has 1 saturated heterocycles. The Hall–Kier alpha value is -1.35. The molecule has 0 saturated carbocycles. The van der Waals surface area contributed by atoms with E-state index in [2.05, 4.69) is 39.5 Å². The number of benzene rings is 1. The molecule has 18 heavy (non-hydrogen) atoms. The summed E-state index contributed by atoms with van der Waals surface area (Å²) in [5.74, 6) is 1.07. The lowest BCUT2D eigenvalue weighted by atomic mass is 10.1. The van der Waals surface area contributed by atoms with Crippen molar-refractivity contribution in [2.24, 2.45) is 4.99 Å². The summed E-state index contributed by atoms with van der Waals surface area (Å²) >= 11 is 0. The molecule has 3 nitrogen and oxygen atoms in total. The first-order valence-electron chi connectivity index (χ1n) is 7.02. The first-order chi connectivity index (χ1) is 8.92. The summed E-state index contributed by atoms with van der Waals surface area (Å²) in [6.45, 7) is 5.48. The van der Waals surface area contributed by atoms with Gasteiger partial charge in [-0.25, -0.2) is 0 Å². The Kier molecular flexibility index (Phi) is 3.60. The van der Waals surface area contributed by atoms with Crippen LogP contribution < -0.4 is 5.32 Å². The molecule has 2 heterocycles. The average molecular weight is 243 g/mol. The van der Waals surface area contributed by atoms with Crippen molar-refractivity contribution in [2.45, 2.75) is 25.8 Å². The third-order valence-electron chi connectivity index (χ3n) is 3.73. The molecular formula is C15H21N3. The molecule has 96 valence electrons. The zero-order chi connectivity index (χ0) is 12.2. The maximum atomic E-state index is 4.49. The lowest BCUT2D eigenvalue weighted by molar-refractivity contribution is 0.221. The van der Waals surface area contributed by atoms with E-state index in [-0.39, 0.29) is 0 Å². The Morgan fingerprint density at radius 1 is 1.17 bits per heavy atom. The van der Waals surface area contributed by atoms with Crippen molar-refractivity contribution >= 4 is 5.84 Å². The van der Waals surface area contributed by atoms with Gasteiger partial charge < -0.3 is 5.32 Å². The molecule has 0 amide bonds. The smallest absolute Gasteiger partial charge is 0.128 e. The van der Waals surface area contributed by atoms with Gasteiger partial charge in [-0.2, -0.15) is 0 Å². The zero-order valence-corrected chi connectivity index (χ0v) is 10.9. The second-order valence-corrected chi connectivity index (χ2v) is 5.19. The van der Waals surface area contributed by atoms with Gasteiger partial charge in [-0.1, -0.05) is 24.6 Å². The number of nitrogens with one attached hydrogen (secondary N) is 1. The molecule has 0 atom stereocenters. The van der Waals surface area contributed by atoms with Crippen LogP contribution in [0.2, 0.25) is 0 Å². The summed E-state index contributed by atoms with van der Waals surface area (Å²) in [5.41, 5.74) is 2.65. The van der Waals surface area contributed by atoms with E-state index in [1.807, 2.05) is 0 Å². The summed E-state index contributed by atoms with van der Waals surface area (Å²) in [6.07, 6.45) is 4.11. The monoisotopic (exact) mass is 243 g/mol. The Labute approximate surface area is 109 Å². The third-order valence-corrected chi connectivity index (χ3v) is 3.73. The Morgan fingerprint density at radius 3 is 2.83 bits per heavy atom. The standard InChI is InChI=1S/C15H21N3/c1-2-9-18(10-3-1)12-13-5-4-6-14(11-13)15-16-7-8-17-15/h4-6,11H,1-3,7-10,12H2,(H,16,17). The normalized spacial score (nSPS) is 20.6. The van der Waals surface area contributed by atoms with Crippen molar-refractivity contribution in [1.29, 1.82) is 0 Å². The van der Waals surface area contributed by atoms with E-state index in [1.54, 1.807) is 0 Å². The number of hydrogen-bond acceptors (Lipinski definition) is 3. The van der Waals surface area contributed by atoms with Crippen LogP contribution in [0.25, 0.3) is 0 Å². The molecule has 2 aliphatic rings. The fraction of sp³-hybridized carbons (Fsp3) is 0.533. The van der Waals surface area contributed by atoms with E-state index in [9.17, 15) is 0 Å². The zero-order valence-electron chi connectivity index (χ0n) is 10.9. The number of piperidine rings is 1. The van der Waals surface area contributed by atoms with Crippen LogP contribution in [-0.4, -0.2) is 36.9 Å². The van der Waals surface area contributed by atoms with E-state index in [0.29, 0.717) is 0 Å². The number of amidine groups is 1. The highest BCUT2D eigenvalue weighted by atomic mass is 15.1. The predicted octanol–water partition coefficient (Wildman–Crippen LogP) is 2.02. The first kappa shape index (κ1) is 11.7. The van der Waals surface area contributed by atoms with Gasteiger partial charge in [0.1, 0.15) is 5.84 Å². The van der Waals surface area contributed by atoms with Gasteiger partial charge in [0.25, 0.3) is 0 Å². The average Bonchev–Trinajstić information content (AvgIpc) is 2.94. The molecule has 0 aromatic heterocycles. The summed E-state index contributed by atoms with van der Waals surface area (Å²) in [4.78, 5) is 7.05. The van der Waals surface area contributed by atoms with E-state index in [4.69, 9.17) is 0 Å². The Morgan fingerprint density at radius 2 is 2.06 bits per heavy atom. The third kappa shape index (κ3) is 2.72. The van der Waals surface area contributed by atoms with Gasteiger partial charge in [-0.05, 0) is 37.6 Å². The maximum absolute atomic E-state index is 4.49. The Bertz CT molecular complexity index is 433. The van der Waals surface area contributed by atoms with Crippen LogP contribution in [0.4, 0.5) is 0 Å². The van der Waals surface area contributed by atoms with Crippen LogP contribution >= 0.6 is 0 Å². The van der Waals surface area contributed by atoms with Crippen LogP contribution in [0.3, 0.4) is 0 Å². The molecule has 0 aliphatic carbocycles. The van der Waals surface area contributed by atoms with Gasteiger partial charge in [0.15, 0.2) is 0 Å². The number of hydrogen-bond donors (Lipinski definition) is 1. The minimum absolute atomic E-state index is 0.908. The van der Waals surface area contributed by atoms with Gasteiger partial charge in [-0.15, -0.1) is 0 Å².